The number of hydrogen-bond acceptors (Lipinski definition) is 3. The zero-order valence-electron chi connectivity index (χ0n) is 13.3. The van der Waals surface area contributed by atoms with Gasteiger partial charge in [-0.2, -0.15) is 0 Å². The second-order valence-electron chi connectivity index (χ2n) is 6.43. The van der Waals surface area contributed by atoms with E-state index in [0.717, 1.165) is 31.2 Å². The van der Waals surface area contributed by atoms with Crippen molar-refractivity contribution in [3.8, 4) is 5.75 Å². The van der Waals surface area contributed by atoms with Gasteiger partial charge in [0.2, 0.25) is 0 Å². The first-order valence-electron chi connectivity index (χ1n) is 8.50. The van der Waals surface area contributed by atoms with E-state index in [2.05, 4.69) is 48.3 Å². The fourth-order valence-corrected chi connectivity index (χ4v) is 3.86. The molecule has 1 fully saturated rings. The van der Waals surface area contributed by atoms with E-state index in [9.17, 15) is 0 Å². The van der Waals surface area contributed by atoms with Crippen molar-refractivity contribution in [2.45, 2.75) is 45.3 Å². The van der Waals surface area contributed by atoms with Crippen LogP contribution in [0.5, 0.6) is 5.75 Å². The van der Waals surface area contributed by atoms with E-state index in [1.54, 1.807) is 0 Å². The Kier molecular flexibility index (Phi) is 4.81. The van der Waals surface area contributed by atoms with Crippen molar-refractivity contribution in [3.05, 3.63) is 29.8 Å². The van der Waals surface area contributed by atoms with Crippen LogP contribution in [0.15, 0.2) is 24.3 Å². The Bertz CT molecular complexity index is 437. The molecule has 3 rings (SSSR count). The van der Waals surface area contributed by atoms with Crippen molar-refractivity contribution in [1.29, 1.82) is 0 Å². The molecule has 3 unspecified atom stereocenters. The average Bonchev–Trinajstić information content (AvgIpc) is 2.91. The lowest BCUT2D eigenvalue weighted by molar-refractivity contribution is 0.0909. The fourth-order valence-electron chi connectivity index (χ4n) is 3.86. The first kappa shape index (κ1) is 14.9. The van der Waals surface area contributed by atoms with Crippen molar-refractivity contribution in [1.82, 2.24) is 10.2 Å². The molecule has 2 aliphatic heterocycles. The number of para-hydroxylation sites is 1. The lowest BCUT2D eigenvalue weighted by Gasteiger charge is -2.39. The van der Waals surface area contributed by atoms with Gasteiger partial charge in [-0.05, 0) is 37.1 Å². The van der Waals surface area contributed by atoms with Gasteiger partial charge in [-0.3, -0.25) is 4.90 Å². The smallest absolute Gasteiger partial charge is 0.123 e. The van der Waals surface area contributed by atoms with Crippen LogP contribution in [0.3, 0.4) is 0 Å². The largest absolute Gasteiger partial charge is 0.488 e. The van der Waals surface area contributed by atoms with E-state index in [0.29, 0.717) is 12.1 Å². The van der Waals surface area contributed by atoms with Crippen molar-refractivity contribution >= 4 is 0 Å². The Morgan fingerprint density at radius 2 is 2.14 bits per heavy atom. The minimum atomic E-state index is 0.343. The highest BCUT2D eigenvalue weighted by atomic mass is 16.5. The van der Waals surface area contributed by atoms with Gasteiger partial charge in [-0.1, -0.05) is 38.5 Å². The van der Waals surface area contributed by atoms with Gasteiger partial charge in [-0.25, -0.2) is 0 Å². The fraction of sp³-hybridized carbons (Fsp3) is 0.667. The van der Waals surface area contributed by atoms with Gasteiger partial charge in [0.1, 0.15) is 11.9 Å². The zero-order valence-corrected chi connectivity index (χ0v) is 13.3. The molecule has 1 N–H and O–H groups in total. The molecule has 1 aromatic carbocycles. The molecule has 1 saturated heterocycles. The molecule has 3 nitrogen and oxygen atoms in total. The van der Waals surface area contributed by atoms with Gasteiger partial charge in [0.05, 0.1) is 0 Å². The van der Waals surface area contributed by atoms with Gasteiger partial charge in [0, 0.05) is 25.6 Å². The molecule has 116 valence electrons. The number of rotatable bonds is 5. The van der Waals surface area contributed by atoms with Crippen LogP contribution in [0.25, 0.3) is 0 Å². The van der Waals surface area contributed by atoms with Crippen molar-refractivity contribution in [2.24, 2.45) is 5.92 Å². The molecule has 0 radical (unpaired) electrons. The predicted molar refractivity (Wildman–Crippen MR) is 86.9 cm³/mol. The summed E-state index contributed by atoms with van der Waals surface area (Å²) < 4.78 is 6.10. The molecule has 0 saturated carbocycles. The number of nitrogens with zero attached hydrogens (tertiary/aromatic N) is 1. The molecule has 3 atom stereocenters. The summed E-state index contributed by atoms with van der Waals surface area (Å²) in [6.45, 7) is 9.10. The Morgan fingerprint density at radius 1 is 1.29 bits per heavy atom. The van der Waals surface area contributed by atoms with Crippen LogP contribution in [-0.2, 0) is 6.42 Å². The van der Waals surface area contributed by atoms with E-state index in [4.69, 9.17) is 4.74 Å². The number of benzene rings is 1. The van der Waals surface area contributed by atoms with Crippen molar-refractivity contribution < 1.29 is 4.74 Å². The molecule has 1 aromatic rings. The van der Waals surface area contributed by atoms with Crippen LogP contribution in [0.2, 0.25) is 0 Å². The third-order valence-electron chi connectivity index (χ3n) is 4.98. The van der Waals surface area contributed by atoms with Crippen LogP contribution < -0.4 is 10.1 Å². The minimum absolute atomic E-state index is 0.343. The summed E-state index contributed by atoms with van der Waals surface area (Å²) in [5.74, 6) is 1.87. The summed E-state index contributed by atoms with van der Waals surface area (Å²) in [5.41, 5.74) is 1.37. The molecule has 0 aliphatic carbocycles. The van der Waals surface area contributed by atoms with Crippen molar-refractivity contribution in [2.75, 3.05) is 26.2 Å². The molecule has 0 spiro atoms. The molecule has 2 aliphatic rings. The van der Waals surface area contributed by atoms with Crippen LogP contribution in [0.1, 0.15) is 32.3 Å². The highest BCUT2D eigenvalue weighted by Crippen LogP contribution is 2.29. The molecule has 2 heterocycles. The first-order chi connectivity index (χ1) is 10.3. The summed E-state index contributed by atoms with van der Waals surface area (Å²) in [6, 6.07) is 9.18. The highest BCUT2D eigenvalue weighted by molar-refractivity contribution is 5.37. The monoisotopic (exact) mass is 288 g/mol. The number of nitrogens with one attached hydrogen (secondary N) is 1. The molecule has 21 heavy (non-hydrogen) atoms. The highest BCUT2D eigenvalue weighted by Gasteiger charge is 2.30. The predicted octanol–water partition coefficient (Wildman–Crippen LogP) is 2.70. The van der Waals surface area contributed by atoms with E-state index < -0.39 is 0 Å². The van der Waals surface area contributed by atoms with Crippen LogP contribution >= 0.6 is 0 Å². The maximum Gasteiger partial charge on any atom is 0.123 e. The number of hydrogen-bond donors (Lipinski definition) is 1. The lowest BCUT2D eigenvalue weighted by atomic mass is 9.89. The first-order valence-corrected chi connectivity index (χ1v) is 8.50. The normalized spacial score (nSPS) is 29.1. The third-order valence-corrected chi connectivity index (χ3v) is 4.98. The number of piperidine rings is 1. The van der Waals surface area contributed by atoms with E-state index >= 15 is 0 Å². The average molecular weight is 288 g/mol. The number of fused-ring (bicyclic) bond motifs is 1. The van der Waals surface area contributed by atoms with E-state index in [1.807, 2.05) is 0 Å². The second kappa shape index (κ2) is 6.80. The van der Waals surface area contributed by atoms with Gasteiger partial charge >= 0.3 is 0 Å². The van der Waals surface area contributed by atoms with Crippen LogP contribution in [0.4, 0.5) is 0 Å². The summed E-state index contributed by atoms with van der Waals surface area (Å²) in [7, 11) is 0. The number of ether oxygens (including phenoxy) is 1. The molecule has 0 aromatic heterocycles. The number of likely N-dealkylation sites (tertiary alicyclic amines) is 1. The lowest BCUT2D eigenvalue weighted by Crippen LogP contribution is -2.51. The van der Waals surface area contributed by atoms with E-state index in [-0.39, 0.29) is 0 Å². The third kappa shape index (κ3) is 3.41. The molecular formula is C18H28N2O. The van der Waals surface area contributed by atoms with Gasteiger partial charge in [0.15, 0.2) is 0 Å². The Hall–Kier alpha value is -1.06. The molecule has 3 heteroatoms. The second-order valence-corrected chi connectivity index (χ2v) is 6.43. The van der Waals surface area contributed by atoms with Gasteiger partial charge < -0.3 is 10.1 Å². The Balaban J connectivity index is 1.53. The summed E-state index contributed by atoms with van der Waals surface area (Å²) in [4.78, 5) is 2.61. The minimum Gasteiger partial charge on any atom is -0.488 e. The zero-order chi connectivity index (χ0) is 14.7. The summed E-state index contributed by atoms with van der Waals surface area (Å²) >= 11 is 0. The standard InChI is InChI=1S/C18H28N2O/c1-3-14-12-20(10-9-17(14)19-4-2)13-16-11-15-7-5-6-8-18(15)21-16/h5-8,14,16-17,19H,3-4,9-13H2,1-2H3. The van der Waals surface area contributed by atoms with Gasteiger partial charge in [0.25, 0.3) is 0 Å². The Morgan fingerprint density at radius 3 is 2.90 bits per heavy atom. The van der Waals surface area contributed by atoms with Crippen LogP contribution in [0, 0.1) is 5.92 Å². The van der Waals surface area contributed by atoms with Gasteiger partial charge in [-0.15, -0.1) is 0 Å². The SMILES string of the molecule is CCNC1CCN(CC2Cc3ccccc3O2)CC1CC. The topological polar surface area (TPSA) is 24.5 Å². The molecule has 0 amide bonds. The molecule has 0 bridgehead atoms. The maximum absolute atomic E-state index is 6.10. The maximum atomic E-state index is 6.10. The van der Waals surface area contributed by atoms with Crippen LogP contribution in [-0.4, -0.2) is 43.2 Å². The quantitative estimate of drug-likeness (QED) is 0.901. The Labute approximate surface area is 128 Å². The molecular weight excluding hydrogens is 260 g/mol. The van der Waals surface area contributed by atoms with Crippen molar-refractivity contribution in [3.63, 3.8) is 0 Å². The summed E-state index contributed by atoms with van der Waals surface area (Å²) in [6.07, 6.45) is 3.95. The van der Waals surface area contributed by atoms with E-state index in [1.165, 1.54) is 31.5 Å². The summed E-state index contributed by atoms with van der Waals surface area (Å²) in [5, 5.41) is 3.66.